The van der Waals surface area contributed by atoms with Crippen LogP contribution in [0.25, 0.3) is 0 Å². The molecule has 35 heavy (non-hydrogen) atoms. The van der Waals surface area contributed by atoms with Gasteiger partial charge in [-0.15, -0.1) is 0 Å². The number of carbonyl (C=O) groups is 2. The highest BCUT2D eigenvalue weighted by Gasteiger charge is 2.23. The number of nitrogens with one attached hydrogen (secondary N) is 1. The van der Waals surface area contributed by atoms with Crippen molar-refractivity contribution >= 4 is 23.2 Å². The summed E-state index contributed by atoms with van der Waals surface area (Å²) in [5.74, 6) is 0.190. The van der Waals surface area contributed by atoms with Gasteiger partial charge in [-0.25, -0.2) is 0 Å². The van der Waals surface area contributed by atoms with Crippen molar-refractivity contribution in [3.05, 3.63) is 95.1 Å². The molecule has 5 heteroatoms. The molecule has 3 aromatic rings. The molecule has 0 aromatic heterocycles. The van der Waals surface area contributed by atoms with Crippen molar-refractivity contribution in [2.45, 2.75) is 45.7 Å². The fourth-order valence-electron chi connectivity index (χ4n) is 4.83. The van der Waals surface area contributed by atoms with E-state index in [2.05, 4.69) is 10.2 Å². The molecule has 4 rings (SSSR count). The molecule has 1 aliphatic carbocycles. The van der Waals surface area contributed by atoms with Crippen LogP contribution in [0.1, 0.15) is 52.7 Å². The van der Waals surface area contributed by atoms with E-state index < -0.39 is 0 Å². The molecule has 0 radical (unpaired) electrons. The van der Waals surface area contributed by atoms with Crippen molar-refractivity contribution in [2.24, 2.45) is 5.92 Å². The Bertz CT molecular complexity index is 1170. The summed E-state index contributed by atoms with van der Waals surface area (Å²) < 4.78 is 0. The van der Waals surface area contributed by atoms with Crippen molar-refractivity contribution in [1.29, 1.82) is 0 Å². The molecule has 3 aromatic carbocycles. The first-order valence-corrected chi connectivity index (χ1v) is 12.4. The van der Waals surface area contributed by atoms with Crippen LogP contribution in [0.2, 0.25) is 0 Å². The smallest absolute Gasteiger partial charge is 0.254 e. The second kappa shape index (κ2) is 11.2. The van der Waals surface area contributed by atoms with Crippen LogP contribution in [0, 0.1) is 12.8 Å². The van der Waals surface area contributed by atoms with E-state index in [0.29, 0.717) is 18.7 Å². The molecule has 0 heterocycles. The van der Waals surface area contributed by atoms with E-state index in [-0.39, 0.29) is 17.7 Å². The number of hydrogen-bond donors (Lipinski definition) is 1. The number of anilines is 2. The highest BCUT2D eigenvalue weighted by atomic mass is 16.2. The third kappa shape index (κ3) is 6.30. The lowest BCUT2D eigenvalue weighted by Gasteiger charge is -2.27. The average Bonchev–Trinajstić information content (AvgIpc) is 3.39. The molecule has 0 saturated heterocycles. The predicted molar refractivity (Wildman–Crippen MR) is 143 cm³/mol. The van der Waals surface area contributed by atoms with E-state index in [1.165, 1.54) is 0 Å². The van der Waals surface area contributed by atoms with E-state index in [1.54, 1.807) is 0 Å². The zero-order chi connectivity index (χ0) is 24.8. The number of carbonyl (C=O) groups excluding carboxylic acids is 2. The van der Waals surface area contributed by atoms with Gasteiger partial charge in [-0.05, 0) is 61.2 Å². The highest BCUT2D eigenvalue weighted by Crippen LogP contribution is 2.29. The maximum Gasteiger partial charge on any atom is 0.254 e. The second-order valence-electron chi connectivity index (χ2n) is 9.72. The maximum atomic E-state index is 13.7. The van der Waals surface area contributed by atoms with Crippen LogP contribution in [-0.4, -0.2) is 30.8 Å². The first-order valence-electron chi connectivity index (χ1n) is 12.4. The van der Waals surface area contributed by atoms with Crippen molar-refractivity contribution in [3.63, 3.8) is 0 Å². The van der Waals surface area contributed by atoms with Gasteiger partial charge in [0.05, 0.1) is 0 Å². The SMILES string of the molecule is Cc1cccc(C(=O)N(Cc2ccccc2)Cc2cc(NC(=O)C3CCCC3)ccc2N(C)C)c1. The fourth-order valence-corrected chi connectivity index (χ4v) is 4.83. The Balaban J connectivity index is 1.64. The molecule has 1 aliphatic rings. The fraction of sp³-hybridized carbons (Fsp3) is 0.333. The molecule has 0 bridgehead atoms. The van der Waals surface area contributed by atoms with Crippen molar-refractivity contribution < 1.29 is 9.59 Å². The molecular formula is C30H35N3O2. The molecule has 1 N–H and O–H groups in total. The van der Waals surface area contributed by atoms with Crippen molar-refractivity contribution in [1.82, 2.24) is 4.90 Å². The Labute approximate surface area is 208 Å². The highest BCUT2D eigenvalue weighted by molar-refractivity contribution is 5.95. The monoisotopic (exact) mass is 469 g/mol. The quantitative estimate of drug-likeness (QED) is 0.438. The summed E-state index contributed by atoms with van der Waals surface area (Å²) in [6.45, 7) is 2.93. The summed E-state index contributed by atoms with van der Waals surface area (Å²) >= 11 is 0. The molecule has 2 amide bonds. The lowest BCUT2D eigenvalue weighted by molar-refractivity contribution is -0.119. The number of rotatable bonds is 8. The minimum Gasteiger partial charge on any atom is -0.377 e. The van der Waals surface area contributed by atoms with Crippen molar-refractivity contribution in [2.75, 3.05) is 24.3 Å². The molecule has 0 spiro atoms. The van der Waals surface area contributed by atoms with Gasteiger partial charge in [-0.1, -0.05) is 60.9 Å². The first-order chi connectivity index (χ1) is 16.9. The third-order valence-corrected chi connectivity index (χ3v) is 6.68. The summed E-state index contributed by atoms with van der Waals surface area (Å²) in [4.78, 5) is 30.3. The van der Waals surface area contributed by atoms with Crippen LogP contribution in [0.5, 0.6) is 0 Å². The summed E-state index contributed by atoms with van der Waals surface area (Å²) in [6.07, 6.45) is 4.17. The van der Waals surface area contributed by atoms with Crippen LogP contribution < -0.4 is 10.2 Å². The predicted octanol–water partition coefficient (Wildman–Crippen LogP) is 6.03. The Morgan fingerprint density at radius 1 is 0.886 bits per heavy atom. The molecule has 1 saturated carbocycles. The molecule has 0 atom stereocenters. The van der Waals surface area contributed by atoms with Crippen LogP contribution in [0.3, 0.4) is 0 Å². The van der Waals surface area contributed by atoms with Gasteiger partial charge >= 0.3 is 0 Å². The molecule has 5 nitrogen and oxygen atoms in total. The summed E-state index contributed by atoms with van der Waals surface area (Å²) in [5.41, 5.74) is 5.62. The molecule has 0 aliphatic heterocycles. The van der Waals surface area contributed by atoms with Gasteiger partial charge in [-0.2, -0.15) is 0 Å². The summed E-state index contributed by atoms with van der Waals surface area (Å²) in [6, 6.07) is 23.8. The van der Waals surface area contributed by atoms with Crippen LogP contribution in [0.4, 0.5) is 11.4 Å². The first kappa shape index (κ1) is 24.5. The Morgan fingerprint density at radius 3 is 2.31 bits per heavy atom. The molecule has 182 valence electrons. The van der Waals surface area contributed by atoms with Gasteiger partial charge in [0, 0.05) is 50.0 Å². The van der Waals surface area contributed by atoms with E-state index >= 15 is 0 Å². The van der Waals surface area contributed by atoms with E-state index in [1.807, 2.05) is 98.7 Å². The number of amides is 2. The lowest BCUT2D eigenvalue weighted by Crippen LogP contribution is -2.31. The Hall–Kier alpha value is -3.60. The average molecular weight is 470 g/mol. The van der Waals surface area contributed by atoms with Crippen LogP contribution in [0.15, 0.2) is 72.8 Å². The van der Waals surface area contributed by atoms with Gasteiger partial charge < -0.3 is 15.1 Å². The number of nitrogens with zero attached hydrogens (tertiary/aromatic N) is 2. The van der Waals surface area contributed by atoms with E-state index in [9.17, 15) is 9.59 Å². The standard InChI is InChI=1S/C30H35N3O2/c1-22-10-9-15-25(18-22)30(35)33(20-23-11-5-4-6-12-23)21-26-19-27(16-17-28(26)32(2)3)31-29(34)24-13-7-8-14-24/h4-6,9-12,15-19,24H,7-8,13-14,20-21H2,1-3H3,(H,31,34). The molecule has 1 fully saturated rings. The van der Waals surface area contributed by atoms with E-state index in [0.717, 1.165) is 53.7 Å². The number of benzene rings is 3. The van der Waals surface area contributed by atoms with Gasteiger partial charge in [0.1, 0.15) is 0 Å². The third-order valence-electron chi connectivity index (χ3n) is 6.68. The summed E-state index contributed by atoms with van der Waals surface area (Å²) in [5, 5.41) is 3.12. The number of hydrogen-bond acceptors (Lipinski definition) is 3. The van der Waals surface area contributed by atoms with Crippen molar-refractivity contribution in [3.8, 4) is 0 Å². The normalized spacial score (nSPS) is 13.5. The largest absolute Gasteiger partial charge is 0.377 e. The Morgan fingerprint density at radius 2 is 1.63 bits per heavy atom. The minimum absolute atomic E-state index is 0.0114. The van der Waals surface area contributed by atoms with E-state index in [4.69, 9.17) is 0 Å². The molecule has 0 unspecified atom stereocenters. The summed E-state index contributed by atoms with van der Waals surface area (Å²) in [7, 11) is 4.00. The van der Waals surface area contributed by atoms with Gasteiger partial charge in [0.25, 0.3) is 5.91 Å². The lowest BCUT2D eigenvalue weighted by atomic mass is 10.1. The zero-order valence-corrected chi connectivity index (χ0v) is 21.0. The van der Waals surface area contributed by atoms with Crippen LogP contribution >= 0.6 is 0 Å². The van der Waals surface area contributed by atoms with Crippen LogP contribution in [-0.2, 0) is 17.9 Å². The van der Waals surface area contributed by atoms with Gasteiger partial charge in [-0.3, -0.25) is 9.59 Å². The second-order valence-corrected chi connectivity index (χ2v) is 9.72. The molecular weight excluding hydrogens is 434 g/mol. The maximum absolute atomic E-state index is 13.7. The minimum atomic E-state index is -0.0114. The Kier molecular flexibility index (Phi) is 7.86. The topological polar surface area (TPSA) is 52.7 Å². The zero-order valence-electron chi connectivity index (χ0n) is 21.0. The number of aryl methyl sites for hydroxylation is 1. The van der Waals surface area contributed by atoms with Gasteiger partial charge in [0.15, 0.2) is 0 Å². The van der Waals surface area contributed by atoms with Gasteiger partial charge in [0.2, 0.25) is 5.91 Å².